The van der Waals surface area contributed by atoms with Crippen molar-refractivity contribution in [1.82, 2.24) is 10.2 Å². The predicted molar refractivity (Wildman–Crippen MR) is 60.8 cm³/mol. The first-order valence-corrected chi connectivity index (χ1v) is 6.51. The maximum absolute atomic E-state index is 12.4. The summed E-state index contributed by atoms with van der Waals surface area (Å²) in [5, 5.41) is 3.46. The Hall–Kier alpha value is -0.290. The first-order valence-electron chi connectivity index (χ1n) is 6.51. The molecule has 0 spiro atoms. The smallest absolute Gasteiger partial charge is 0.310 e. The molecule has 100 valence electrons. The second kappa shape index (κ2) is 5.14. The molecule has 0 bridgehead atoms. The molecule has 1 saturated carbocycles. The third kappa shape index (κ3) is 4.47. The van der Waals surface area contributed by atoms with E-state index in [0.29, 0.717) is 19.0 Å². The average molecular weight is 250 g/mol. The Morgan fingerprint density at radius 3 is 2.41 bits per heavy atom. The average Bonchev–Trinajstić information content (AvgIpc) is 2.98. The Morgan fingerprint density at radius 2 is 1.88 bits per heavy atom. The molecule has 0 aromatic rings. The van der Waals surface area contributed by atoms with Gasteiger partial charge in [-0.3, -0.25) is 0 Å². The maximum atomic E-state index is 12.4. The summed E-state index contributed by atoms with van der Waals surface area (Å²) in [5.41, 5.74) is 0. The number of alkyl halides is 3. The molecule has 2 nitrogen and oxygen atoms in total. The molecule has 1 N–H and O–H groups in total. The van der Waals surface area contributed by atoms with E-state index in [1.807, 2.05) is 6.92 Å². The van der Waals surface area contributed by atoms with E-state index in [4.69, 9.17) is 0 Å². The van der Waals surface area contributed by atoms with Crippen LogP contribution in [0.5, 0.6) is 0 Å². The van der Waals surface area contributed by atoms with Gasteiger partial charge in [-0.1, -0.05) is 6.92 Å². The minimum absolute atomic E-state index is 0.236. The second-order valence-electron chi connectivity index (χ2n) is 5.41. The van der Waals surface area contributed by atoms with Gasteiger partial charge in [-0.05, 0) is 31.7 Å². The molecule has 0 aromatic heterocycles. The highest BCUT2D eigenvalue weighted by molar-refractivity contribution is 4.90. The summed E-state index contributed by atoms with van der Waals surface area (Å²) in [7, 11) is 0. The summed E-state index contributed by atoms with van der Waals surface area (Å²) in [6.07, 6.45) is -1.61. The van der Waals surface area contributed by atoms with Crippen molar-refractivity contribution in [1.29, 1.82) is 0 Å². The topological polar surface area (TPSA) is 15.3 Å². The van der Waals surface area contributed by atoms with Gasteiger partial charge in [0.05, 0.1) is 0 Å². The molecule has 1 saturated heterocycles. The van der Waals surface area contributed by atoms with Crippen LogP contribution < -0.4 is 5.32 Å². The van der Waals surface area contributed by atoms with Gasteiger partial charge in [-0.2, -0.15) is 13.2 Å². The molecule has 1 aliphatic carbocycles. The van der Waals surface area contributed by atoms with E-state index < -0.39 is 12.6 Å². The van der Waals surface area contributed by atoms with Crippen LogP contribution in [-0.4, -0.2) is 42.8 Å². The normalized spacial score (nSPS) is 31.8. The standard InChI is InChI=1S/C12H21F3N2/c1-2-17-7-9(6-12(13,14)15)5-11(8-17)16-10-3-4-10/h9-11,16H,2-8H2,1H3. The van der Waals surface area contributed by atoms with E-state index in [1.165, 1.54) is 12.8 Å². The van der Waals surface area contributed by atoms with Crippen LogP contribution in [0.15, 0.2) is 0 Å². The van der Waals surface area contributed by atoms with Gasteiger partial charge >= 0.3 is 6.18 Å². The number of hydrogen-bond acceptors (Lipinski definition) is 2. The van der Waals surface area contributed by atoms with Crippen LogP contribution in [-0.2, 0) is 0 Å². The quantitative estimate of drug-likeness (QED) is 0.824. The molecular weight excluding hydrogens is 229 g/mol. The minimum atomic E-state index is -4.02. The van der Waals surface area contributed by atoms with E-state index in [-0.39, 0.29) is 12.0 Å². The first-order chi connectivity index (χ1) is 7.96. The van der Waals surface area contributed by atoms with E-state index in [9.17, 15) is 13.2 Å². The molecule has 1 aliphatic heterocycles. The molecule has 0 aromatic carbocycles. The monoisotopic (exact) mass is 250 g/mol. The van der Waals surface area contributed by atoms with Crippen molar-refractivity contribution in [3.05, 3.63) is 0 Å². The molecule has 2 aliphatic rings. The second-order valence-corrected chi connectivity index (χ2v) is 5.41. The van der Waals surface area contributed by atoms with Crippen molar-refractivity contribution in [2.24, 2.45) is 5.92 Å². The summed E-state index contributed by atoms with van der Waals surface area (Å²) in [5.74, 6) is -0.236. The van der Waals surface area contributed by atoms with Crippen LogP contribution in [0.4, 0.5) is 13.2 Å². The fourth-order valence-electron chi connectivity index (χ4n) is 2.74. The molecule has 2 fully saturated rings. The number of nitrogens with one attached hydrogen (secondary N) is 1. The van der Waals surface area contributed by atoms with Crippen LogP contribution in [0, 0.1) is 5.92 Å². The lowest BCUT2D eigenvalue weighted by molar-refractivity contribution is -0.148. The summed E-state index contributed by atoms with van der Waals surface area (Å²) < 4.78 is 37.3. The third-order valence-electron chi connectivity index (χ3n) is 3.63. The highest BCUT2D eigenvalue weighted by atomic mass is 19.4. The highest BCUT2D eigenvalue weighted by Gasteiger charge is 2.37. The van der Waals surface area contributed by atoms with Gasteiger partial charge in [0.2, 0.25) is 0 Å². The lowest BCUT2D eigenvalue weighted by atomic mass is 9.91. The van der Waals surface area contributed by atoms with Crippen LogP contribution in [0.1, 0.15) is 32.6 Å². The number of hydrogen-bond donors (Lipinski definition) is 1. The van der Waals surface area contributed by atoms with Crippen LogP contribution in [0.2, 0.25) is 0 Å². The summed E-state index contributed by atoms with van der Waals surface area (Å²) >= 11 is 0. The highest BCUT2D eigenvalue weighted by Crippen LogP contribution is 2.31. The van der Waals surface area contributed by atoms with E-state index >= 15 is 0 Å². The SMILES string of the molecule is CCN1CC(CC(F)(F)F)CC(NC2CC2)C1. The van der Waals surface area contributed by atoms with Crippen molar-refractivity contribution in [3.63, 3.8) is 0 Å². The fraction of sp³-hybridized carbons (Fsp3) is 1.00. The molecular formula is C12H21F3N2. The summed E-state index contributed by atoms with van der Waals surface area (Å²) in [6.45, 7) is 4.36. The molecule has 5 heteroatoms. The number of likely N-dealkylation sites (tertiary alicyclic amines) is 1. The molecule has 2 atom stereocenters. The lowest BCUT2D eigenvalue weighted by Gasteiger charge is -2.38. The minimum Gasteiger partial charge on any atom is -0.310 e. The zero-order chi connectivity index (χ0) is 12.5. The van der Waals surface area contributed by atoms with Crippen molar-refractivity contribution in [2.45, 2.75) is 50.9 Å². The zero-order valence-corrected chi connectivity index (χ0v) is 10.3. The number of piperidine rings is 1. The maximum Gasteiger partial charge on any atom is 0.389 e. The van der Waals surface area contributed by atoms with Crippen molar-refractivity contribution < 1.29 is 13.2 Å². The van der Waals surface area contributed by atoms with E-state index in [0.717, 1.165) is 13.1 Å². The van der Waals surface area contributed by atoms with E-state index in [1.54, 1.807) is 0 Å². The lowest BCUT2D eigenvalue weighted by Crippen LogP contribution is -2.50. The molecule has 0 radical (unpaired) electrons. The van der Waals surface area contributed by atoms with Gasteiger partial charge in [-0.25, -0.2) is 0 Å². The predicted octanol–water partition coefficient (Wildman–Crippen LogP) is 2.40. The van der Waals surface area contributed by atoms with Crippen LogP contribution in [0.25, 0.3) is 0 Å². The first kappa shape index (κ1) is 13.1. The van der Waals surface area contributed by atoms with Crippen LogP contribution in [0.3, 0.4) is 0 Å². The molecule has 17 heavy (non-hydrogen) atoms. The summed E-state index contributed by atoms with van der Waals surface area (Å²) in [6, 6.07) is 0.826. The molecule has 1 heterocycles. The molecule has 0 amide bonds. The third-order valence-corrected chi connectivity index (χ3v) is 3.63. The van der Waals surface area contributed by atoms with Crippen molar-refractivity contribution >= 4 is 0 Å². The van der Waals surface area contributed by atoms with Gasteiger partial charge in [0, 0.05) is 31.6 Å². The number of halogens is 3. The van der Waals surface area contributed by atoms with Crippen molar-refractivity contribution in [3.8, 4) is 0 Å². The molecule has 2 rings (SSSR count). The Labute approximate surface area is 101 Å². The Bertz CT molecular complexity index is 251. The van der Waals surface area contributed by atoms with E-state index in [2.05, 4.69) is 10.2 Å². The largest absolute Gasteiger partial charge is 0.389 e. The van der Waals surface area contributed by atoms with Gasteiger partial charge in [0.25, 0.3) is 0 Å². The zero-order valence-electron chi connectivity index (χ0n) is 10.3. The van der Waals surface area contributed by atoms with Gasteiger partial charge in [0.15, 0.2) is 0 Å². The van der Waals surface area contributed by atoms with Gasteiger partial charge in [0.1, 0.15) is 0 Å². The van der Waals surface area contributed by atoms with Crippen LogP contribution >= 0.6 is 0 Å². The van der Waals surface area contributed by atoms with Crippen molar-refractivity contribution in [2.75, 3.05) is 19.6 Å². The Morgan fingerprint density at radius 1 is 1.18 bits per heavy atom. The van der Waals surface area contributed by atoms with Gasteiger partial charge in [-0.15, -0.1) is 0 Å². The Balaban J connectivity index is 1.87. The number of rotatable bonds is 4. The molecule has 2 unspecified atom stereocenters. The Kier molecular flexibility index (Phi) is 3.98. The fourth-order valence-corrected chi connectivity index (χ4v) is 2.74. The number of nitrogens with zero attached hydrogens (tertiary/aromatic N) is 1. The number of likely N-dealkylation sites (N-methyl/N-ethyl adjacent to an activating group) is 1. The summed E-state index contributed by atoms with van der Waals surface area (Å²) in [4.78, 5) is 2.14. The van der Waals surface area contributed by atoms with Gasteiger partial charge < -0.3 is 10.2 Å².